The third-order valence-corrected chi connectivity index (χ3v) is 16.0. The summed E-state index contributed by atoms with van der Waals surface area (Å²) < 4.78 is 186. The molecule has 7 rings (SSSR count). The van der Waals surface area contributed by atoms with Gasteiger partial charge in [0.1, 0.15) is 52.9 Å². The van der Waals surface area contributed by atoms with Gasteiger partial charge in [0.15, 0.2) is 11.5 Å². The number of phenolic OH excluding ortho intramolecular Hbond substituents is 2. The molecule has 0 unspecified atom stereocenters. The Morgan fingerprint density at radius 1 is 0.468 bits per heavy atom. The van der Waals surface area contributed by atoms with E-state index in [1.54, 1.807) is 0 Å². The molecule has 0 saturated carbocycles. The molecule has 0 fully saturated rings. The topological polar surface area (TPSA) is 576 Å². The van der Waals surface area contributed by atoms with Crippen LogP contribution in [0.2, 0.25) is 0 Å². The van der Waals surface area contributed by atoms with E-state index in [-0.39, 0.29) is 34.4 Å². The lowest BCUT2D eigenvalue weighted by Gasteiger charge is -2.15. The van der Waals surface area contributed by atoms with Crippen LogP contribution < -0.4 is 5.73 Å². The number of azo groups is 3. The Kier molecular flexibility index (Phi) is 16.3. The molecule has 0 heterocycles. The summed E-state index contributed by atoms with van der Waals surface area (Å²) in [5.41, 5.74) is -1.65. The molecule has 416 valence electrons. The fraction of sp³-hybridized carbons (Fsp3) is 0. The molecule has 0 aliphatic rings. The smallest absolute Gasteiger partial charge is 0.297 e. The summed E-state index contributed by atoms with van der Waals surface area (Å²) in [6.07, 6.45) is 0. The predicted molar refractivity (Wildman–Crippen MR) is 262 cm³/mol. The molecule has 7 aromatic rings. The van der Waals surface area contributed by atoms with Crippen molar-refractivity contribution in [2.75, 3.05) is 5.73 Å². The van der Waals surface area contributed by atoms with E-state index in [0.29, 0.717) is 42.5 Å². The Morgan fingerprint density at radius 2 is 1.01 bits per heavy atom. The number of nitro benzene ring substituents is 2. The fourth-order valence-electron chi connectivity index (χ4n) is 7.13. The Balaban J connectivity index is 1.42. The van der Waals surface area contributed by atoms with Crippen molar-refractivity contribution in [1.82, 2.24) is 0 Å². The molecular weight excluding hydrogens is 1210 g/mol. The SMILES string of the molecule is Nc1c(N=Nc2ccc3c(O)c(N=Nc4cc(S(=O)(=O)O)c5cc([N+](=O)[O-])cc(SOOO)c5c4)c(S(=O)(=O)O)cc3c2S(=O)(=O)O)cc(S(=O)(=O)O)c2cc(SOOO)c(N=Nc3ccc([N+](=O)[O-])cc3S(=O)(=O)O)c(O)c12. The maximum atomic E-state index is 13.1. The van der Waals surface area contributed by atoms with Gasteiger partial charge in [0, 0.05) is 51.2 Å². The van der Waals surface area contributed by atoms with Crippen molar-refractivity contribution in [2.45, 2.75) is 34.3 Å². The van der Waals surface area contributed by atoms with E-state index in [2.05, 4.69) is 49.4 Å². The lowest BCUT2D eigenvalue weighted by atomic mass is 10.0. The molecule has 36 nitrogen and oxygen atoms in total. The second-order valence-electron chi connectivity index (χ2n) is 15.0. The maximum absolute atomic E-state index is 13.1. The minimum Gasteiger partial charge on any atom is -0.505 e. The first-order valence-electron chi connectivity index (χ1n) is 19.6. The molecule has 0 atom stereocenters. The van der Waals surface area contributed by atoms with E-state index < -0.39 is 179 Å². The zero-order valence-electron chi connectivity index (χ0n) is 37.3. The molecule has 0 amide bonds. The van der Waals surface area contributed by atoms with Crippen molar-refractivity contribution in [3.8, 4) is 11.5 Å². The minimum atomic E-state index is -5.73. The van der Waals surface area contributed by atoms with Gasteiger partial charge in [0.2, 0.25) is 0 Å². The summed E-state index contributed by atoms with van der Waals surface area (Å²) in [4.78, 5) is 13.6. The van der Waals surface area contributed by atoms with Gasteiger partial charge >= 0.3 is 0 Å². The molecule has 0 aliphatic heterocycles. The number of nitrogen functional groups attached to an aromatic ring is 1. The minimum absolute atomic E-state index is 0.0451. The maximum Gasteiger partial charge on any atom is 0.297 e. The number of anilines is 1. The zero-order valence-corrected chi connectivity index (χ0v) is 43.0. The van der Waals surface area contributed by atoms with Gasteiger partial charge in [0.05, 0.1) is 60.5 Å². The summed E-state index contributed by atoms with van der Waals surface area (Å²) in [7, 11) is -27.5. The number of aromatic hydroxyl groups is 2. The molecule has 0 spiro atoms. The summed E-state index contributed by atoms with van der Waals surface area (Å²) in [5, 5.41) is 88.2. The van der Waals surface area contributed by atoms with Crippen LogP contribution >= 0.6 is 24.1 Å². The fourth-order valence-corrected chi connectivity index (χ4v) is 11.7. The van der Waals surface area contributed by atoms with Crippen LogP contribution in [0.5, 0.6) is 11.5 Å². The summed E-state index contributed by atoms with van der Waals surface area (Å²) in [6, 6.07) is 7.75. The van der Waals surface area contributed by atoms with Crippen molar-refractivity contribution in [3.63, 3.8) is 0 Å². The number of hydrogen-bond acceptors (Lipinski definition) is 31. The second-order valence-corrected chi connectivity index (χ2v) is 23.4. The molecular formula is C36H23N9O27S7. The standard InChI is InChI=1S/C36H23N9O27S7/c37-31-23(12-27(76(57,58)59)20-10-25(74-72-70-53)32(35(47)30(20)31)42-39-21-3-1-14(44(48)49)9-28(21)77(60,61)62)41-40-22-4-2-16-19(36(22)79(66,67)68)11-29(78(63,64)65)33(34(16)46)43-38-13-5-17-18(26(6-13)75(54,55)56)7-15(45(50)51)8-24(17)73-71-69-52/h1-12,46-47,52-53H,37H2,(H,54,55,56)(H,57,58,59)(H,60,61,62)(H,63,64,65)(H,66,67,68). The van der Waals surface area contributed by atoms with E-state index in [1.807, 2.05) is 0 Å². The van der Waals surface area contributed by atoms with Crippen LogP contribution in [0.25, 0.3) is 32.3 Å². The van der Waals surface area contributed by atoms with Crippen LogP contribution in [0.1, 0.15) is 0 Å². The van der Waals surface area contributed by atoms with Crippen molar-refractivity contribution < 1.29 is 114 Å². The molecule has 0 radical (unpaired) electrons. The van der Waals surface area contributed by atoms with E-state index >= 15 is 0 Å². The van der Waals surface area contributed by atoms with Crippen LogP contribution in [-0.2, 0) is 69.3 Å². The predicted octanol–water partition coefficient (Wildman–Crippen LogP) is 8.29. The quantitative estimate of drug-likeness (QED) is 0.00692. The van der Waals surface area contributed by atoms with Gasteiger partial charge in [-0.2, -0.15) is 47.2 Å². The van der Waals surface area contributed by atoms with E-state index in [0.717, 1.165) is 30.3 Å². The Bertz CT molecular complexity index is 4490. The van der Waals surface area contributed by atoms with Gasteiger partial charge in [-0.3, -0.25) is 43.0 Å². The van der Waals surface area contributed by atoms with Gasteiger partial charge in [-0.05, 0) is 48.5 Å². The third-order valence-electron chi connectivity index (χ3n) is 10.3. The largest absolute Gasteiger partial charge is 0.505 e. The number of nitro groups is 2. The number of nitrogens with zero attached hydrogens (tertiary/aromatic N) is 8. The molecule has 7 aromatic carbocycles. The molecule has 11 N–H and O–H groups in total. The third kappa shape index (κ3) is 12.3. The molecule has 0 bridgehead atoms. The highest BCUT2D eigenvalue weighted by Gasteiger charge is 2.31. The van der Waals surface area contributed by atoms with E-state index in [9.17, 15) is 95.3 Å². The van der Waals surface area contributed by atoms with Crippen LogP contribution in [0, 0.1) is 20.2 Å². The Labute approximate surface area is 445 Å². The van der Waals surface area contributed by atoms with Crippen molar-refractivity contribution in [3.05, 3.63) is 93.0 Å². The summed E-state index contributed by atoms with van der Waals surface area (Å²) >= 11 is 0.0364. The van der Waals surface area contributed by atoms with Gasteiger partial charge < -0.3 is 15.9 Å². The second kappa shape index (κ2) is 21.9. The first-order chi connectivity index (χ1) is 36.7. The number of fused-ring (bicyclic) bond motifs is 3. The molecule has 79 heavy (non-hydrogen) atoms. The summed E-state index contributed by atoms with van der Waals surface area (Å²) in [5.74, 6) is -2.60. The molecule has 0 saturated heterocycles. The summed E-state index contributed by atoms with van der Waals surface area (Å²) in [6.45, 7) is 0. The number of phenols is 2. The highest BCUT2D eigenvalue weighted by atomic mass is 32.2. The molecule has 43 heteroatoms. The normalized spacial score (nSPS) is 13.0. The monoisotopic (exact) mass is 1240 g/mol. The van der Waals surface area contributed by atoms with Gasteiger partial charge in [-0.25, -0.2) is 10.5 Å². The Hall–Kier alpha value is -7.67. The lowest BCUT2D eigenvalue weighted by molar-refractivity contribution is -0.432. The number of nitrogens with two attached hydrogens (primary N) is 1. The van der Waals surface area contributed by atoms with Crippen molar-refractivity contribution >= 4 is 158 Å². The molecule has 0 aliphatic carbocycles. The van der Waals surface area contributed by atoms with Gasteiger partial charge in [-0.15, -0.1) is 34.2 Å². The van der Waals surface area contributed by atoms with Crippen LogP contribution in [0.3, 0.4) is 0 Å². The number of benzene rings is 7. The first kappa shape index (κ1) is 59.0. The average Bonchev–Trinajstić information content (AvgIpc) is 3.53. The van der Waals surface area contributed by atoms with Gasteiger partial charge in [-0.1, -0.05) is 10.1 Å². The van der Waals surface area contributed by atoms with Gasteiger partial charge in [0.25, 0.3) is 62.0 Å². The number of hydrogen-bond donors (Lipinski definition) is 10. The van der Waals surface area contributed by atoms with Crippen molar-refractivity contribution in [2.24, 2.45) is 30.7 Å². The highest BCUT2D eigenvalue weighted by molar-refractivity contribution is 7.95. The lowest BCUT2D eigenvalue weighted by Crippen LogP contribution is -2.03. The van der Waals surface area contributed by atoms with Crippen LogP contribution in [0.15, 0.2) is 138 Å². The first-order valence-corrected chi connectivity index (χ1v) is 28.3. The van der Waals surface area contributed by atoms with Crippen LogP contribution in [-0.4, -0.2) is 95.4 Å². The number of non-ortho nitro benzene ring substituents is 2. The Morgan fingerprint density at radius 3 is 1.58 bits per heavy atom. The highest BCUT2D eigenvalue weighted by Crippen LogP contribution is 2.51. The number of rotatable bonds is 19. The zero-order chi connectivity index (χ0) is 58.5. The van der Waals surface area contributed by atoms with Crippen molar-refractivity contribution in [1.29, 1.82) is 0 Å². The van der Waals surface area contributed by atoms with E-state index in [4.69, 9.17) is 16.2 Å². The molecule has 0 aromatic heterocycles. The van der Waals surface area contributed by atoms with E-state index in [1.165, 1.54) is 0 Å². The average molecular weight is 1240 g/mol. The van der Waals surface area contributed by atoms with Crippen LogP contribution in [0.4, 0.5) is 51.2 Å².